The maximum Gasteiger partial charge on any atom is 0.153 e. The molecule has 0 radical (unpaired) electrons. The van der Waals surface area contributed by atoms with Crippen molar-refractivity contribution in [1.29, 1.82) is 0 Å². The van der Waals surface area contributed by atoms with Gasteiger partial charge in [0.1, 0.15) is 0 Å². The lowest BCUT2D eigenvalue weighted by molar-refractivity contribution is 0.922. The van der Waals surface area contributed by atoms with Crippen molar-refractivity contribution in [1.82, 2.24) is 4.98 Å². The zero-order chi connectivity index (χ0) is 13.0. The molecule has 0 spiro atoms. The molecule has 3 heteroatoms. The fraction of sp³-hybridized carbons (Fsp3) is 0.267. The zero-order valence-electron chi connectivity index (χ0n) is 10.9. The number of hydrogen-bond donors (Lipinski definition) is 2. The van der Waals surface area contributed by atoms with Crippen LogP contribution in [0.15, 0.2) is 36.4 Å². The van der Waals surface area contributed by atoms with Crippen molar-refractivity contribution in [2.24, 2.45) is 0 Å². The molecule has 0 aliphatic carbocycles. The molecule has 0 saturated carbocycles. The van der Waals surface area contributed by atoms with Crippen LogP contribution < -0.4 is 11.1 Å². The number of hydrogen-bond acceptors (Lipinski definition) is 3. The third-order valence-corrected chi connectivity index (χ3v) is 2.82. The highest BCUT2D eigenvalue weighted by Gasteiger charge is 2.01. The Bertz CT molecular complexity index is 518. The van der Waals surface area contributed by atoms with Gasteiger partial charge in [0.2, 0.25) is 0 Å². The Morgan fingerprint density at radius 1 is 1.11 bits per heavy atom. The number of nitrogens with two attached hydrogens (primary N) is 1. The van der Waals surface area contributed by atoms with E-state index in [1.807, 2.05) is 19.1 Å². The first kappa shape index (κ1) is 12.4. The molecule has 18 heavy (non-hydrogen) atoms. The van der Waals surface area contributed by atoms with Gasteiger partial charge in [-0.1, -0.05) is 25.5 Å². The number of aryl methyl sites for hydroxylation is 2. The van der Waals surface area contributed by atoms with Gasteiger partial charge in [0.05, 0.1) is 5.69 Å². The molecule has 0 fully saturated rings. The summed E-state index contributed by atoms with van der Waals surface area (Å²) in [4.78, 5) is 4.39. The lowest BCUT2D eigenvalue weighted by atomic mass is 10.1. The summed E-state index contributed by atoms with van der Waals surface area (Å²) in [6, 6.07) is 12.2. The van der Waals surface area contributed by atoms with E-state index in [1.54, 1.807) is 0 Å². The van der Waals surface area contributed by atoms with E-state index in [0.29, 0.717) is 5.69 Å². The fourth-order valence-corrected chi connectivity index (χ4v) is 1.85. The number of rotatable bonds is 4. The van der Waals surface area contributed by atoms with Gasteiger partial charge in [0.15, 0.2) is 5.82 Å². The lowest BCUT2D eigenvalue weighted by Gasteiger charge is -2.09. The molecule has 0 atom stereocenters. The molecular formula is C15H19N3. The molecule has 2 aromatic rings. The number of aromatic nitrogens is 1. The van der Waals surface area contributed by atoms with Crippen LogP contribution in [-0.2, 0) is 6.42 Å². The number of pyridine rings is 1. The van der Waals surface area contributed by atoms with E-state index >= 15 is 0 Å². The van der Waals surface area contributed by atoms with Gasteiger partial charge in [-0.25, -0.2) is 4.98 Å². The second-order valence-electron chi connectivity index (χ2n) is 4.46. The summed E-state index contributed by atoms with van der Waals surface area (Å²) in [5, 5.41) is 3.25. The van der Waals surface area contributed by atoms with Gasteiger partial charge in [0.25, 0.3) is 0 Å². The first-order valence-electron chi connectivity index (χ1n) is 6.28. The molecule has 0 amide bonds. The number of benzene rings is 1. The van der Waals surface area contributed by atoms with Gasteiger partial charge >= 0.3 is 0 Å². The first-order valence-corrected chi connectivity index (χ1v) is 6.28. The predicted octanol–water partition coefficient (Wildman–Crippen LogP) is 3.67. The minimum atomic E-state index is 0.665. The summed E-state index contributed by atoms with van der Waals surface area (Å²) in [6.07, 6.45) is 2.28. The molecule has 1 aromatic heterocycles. The van der Waals surface area contributed by atoms with Crippen LogP contribution in [-0.4, -0.2) is 4.98 Å². The average Bonchev–Trinajstić information content (AvgIpc) is 2.37. The van der Waals surface area contributed by atoms with E-state index in [2.05, 4.69) is 41.5 Å². The molecule has 0 unspecified atom stereocenters. The van der Waals surface area contributed by atoms with E-state index in [9.17, 15) is 0 Å². The molecule has 1 heterocycles. The van der Waals surface area contributed by atoms with Crippen LogP contribution in [0, 0.1) is 6.92 Å². The Hall–Kier alpha value is -2.03. The highest BCUT2D eigenvalue weighted by molar-refractivity contribution is 5.68. The topological polar surface area (TPSA) is 50.9 Å². The van der Waals surface area contributed by atoms with Crippen molar-refractivity contribution < 1.29 is 0 Å². The normalized spacial score (nSPS) is 10.3. The summed E-state index contributed by atoms with van der Waals surface area (Å²) in [5.74, 6) is 0.721. The SMILES string of the molecule is CCCc1ccc(Nc2nc(C)ccc2N)cc1. The van der Waals surface area contributed by atoms with Gasteiger partial charge < -0.3 is 11.1 Å². The Morgan fingerprint density at radius 2 is 1.83 bits per heavy atom. The molecule has 0 aliphatic heterocycles. The van der Waals surface area contributed by atoms with Crippen molar-refractivity contribution in [3.63, 3.8) is 0 Å². The maximum atomic E-state index is 5.89. The quantitative estimate of drug-likeness (QED) is 0.858. The molecule has 0 saturated heterocycles. The molecule has 3 N–H and O–H groups in total. The molecular weight excluding hydrogens is 222 g/mol. The third kappa shape index (κ3) is 3.00. The number of nitrogens with one attached hydrogen (secondary N) is 1. The van der Waals surface area contributed by atoms with Gasteiger partial charge in [-0.15, -0.1) is 0 Å². The molecule has 1 aromatic carbocycles. The lowest BCUT2D eigenvalue weighted by Crippen LogP contribution is -2.00. The maximum absolute atomic E-state index is 5.89. The van der Waals surface area contributed by atoms with Crippen molar-refractivity contribution in [2.45, 2.75) is 26.7 Å². The van der Waals surface area contributed by atoms with Gasteiger partial charge in [0, 0.05) is 11.4 Å². The van der Waals surface area contributed by atoms with Crippen LogP contribution in [0.3, 0.4) is 0 Å². The predicted molar refractivity (Wildman–Crippen MR) is 77.1 cm³/mol. The Balaban J connectivity index is 2.15. The van der Waals surface area contributed by atoms with Crippen LogP contribution in [0.4, 0.5) is 17.2 Å². The molecule has 0 bridgehead atoms. The highest BCUT2D eigenvalue weighted by atomic mass is 15.0. The van der Waals surface area contributed by atoms with Crippen LogP contribution in [0.5, 0.6) is 0 Å². The largest absolute Gasteiger partial charge is 0.396 e. The van der Waals surface area contributed by atoms with Crippen LogP contribution >= 0.6 is 0 Å². The Kier molecular flexibility index (Phi) is 3.82. The minimum absolute atomic E-state index is 0.665. The number of nitrogen functional groups attached to an aromatic ring is 1. The highest BCUT2D eigenvalue weighted by Crippen LogP contribution is 2.21. The second-order valence-corrected chi connectivity index (χ2v) is 4.46. The first-order chi connectivity index (χ1) is 8.69. The Labute approximate surface area is 108 Å². The molecule has 2 rings (SSSR count). The van der Waals surface area contributed by atoms with Crippen LogP contribution in [0.25, 0.3) is 0 Å². The summed E-state index contributed by atoms with van der Waals surface area (Å²) in [7, 11) is 0. The van der Waals surface area contributed by atoms with Gasteiger partial charge in [-0.3, -0.25) is 0 Å². The number of nitrogens with zero attached hydrogens (tertiary/aromatic N) is 1. The van der Waals surface area contributed by atoms with Crippen molar-refractivity contribution in [3.05, 3.63) is 47.7 Å². The number of anilines is 3. The van der Waals surface area contributed by atoms with Crippen molar-refractivity contribution >= 4 is 17.2 Å². The van der Waals surface area contributed by atoms with Gasteiger partial charge in [-0.2, -0.15) is 0 Å². The van der Waals surface area contributed by atoms with E-state index < -0.39 is 0 Å². The zero-order valence-corrected chi connectivity index (χ0v) is 10.9. The molecule has 3 nitrogen and oxygen atoms in total. The molecule has 94 valence electrons. The fourth-order valence-electron chi connectivity index (χ4n) is 1.85. The summed E-state index contributed by atoms with van der Waals surface area (Å²) in [6.45, 7) is 4.14. The van der Waals surface area contributed by atoms with E-state index in [0.717, 1.165) is 23.6 Å². The summed E-state index contributed by atoms with van der Waals surface area (Å²) >= 11 is 0. The van der Waals surface area contributed by atoms with Crippen LogP contribution in [0.2, 0.25) is 0 Å². The van der Waals surface area contributed by atoms with Crippen LogP contribution in [0.1, 0.15) is 24.6 Å². The summed E-state index contributed by atoms with van der Waals surface area (Å²) in [5.41, 5.74) is 9.88. The standard InChI is InChI=1S/C15H19N3/c1-3-4-12-6-8-13(9-7-12)18-15-14(16)10-5-11(2)17-15/h5-10H,3-4,16H2,1-2H3,(H,17,18). The second kappa shape index (κ2) is 5.54. The monoisotopic (exact) mass is 241 g/mol. The summed E-state index contributed by atoms with van der Waals surface area (Å²) < 4.78 is 0. The van der Waals surface area contributed by atoms with Gasteiger partial charge in [-0.05, 0) is 43.2 Å². The smallest absolute Gasteiger partial charge is 0.153 e. The van der Waals surface area contributed by atoms with E-state index in [1.165, 1.54) is 12.0 Å². The average molecular weight is 241 g/mol. The van der Waals surface area contributed by atoms with E-state index in [-0.39, 0.29) is 0 Å². The van der Waals surface area contributed by atoms with Crippen molar-refractivity contribution in [3.8, 4) is 0 Å². The minimum Gasteiger partial charge on any atom is -0.396 e. The van der Waals surface area contributed by atoms with E-state index in [4.69, 9.17) is 5.73 Å². The molecule has 0 aliphatic rings. The van der Waals surface area contributed by atoms with Crippen molar-refractivity contribution in [2.75, 3.05) is 11.1 Å². The Morgan fingerprint density at radius 3 is 2.50 bits per heavy atom. The third-order valence-electron chi connectivity index (χ3n) is 2.82.